The minimum Gasteiger partial charge on any atom is -0.450 e. The number of fused-ring (bicyclic) bond motifs is 4. The molecule has 2 aliphatic heterocycles. The van der Waals surface area contributed by atoms with E-state index in [1.165, 1.54) is 0 Å². The van der Waals surface area contributed by atoms with Gasteiger partial charge in [-0.15, -0.1) is 0 Å². The first kappa shape index (κ1) is 18.5. The first-order valence-corrected chi connectivity index (χ1v) is 11.4. The maximum atomic E-state index is 12.9. The largest absolute Gasteiger partial charge is 0.450 e. The van der Waals surface area contributed by atoms with E-state index >= 15 is 0 Å². The number of hydrogen-bond acceptors (Lipinski definition) is 3. The Bertz CT molecular complexity index is 983. The first-order valence-electron chi connectivity index (χ1n) is 9.76. The normalized spacial score (nSPS) is 23.6. The molecule has 0 bridgehead atoms. The van der Waals surface area contributed by atoms with Crippen molar-refractivity contribution in [3.63, 3.8) is 0 Å². The molecule has 8 heteroatoms. The number of anilines is 1. The number of benzene rings is 1. The van der Waals surface area contributed by atoms with Crippen molar-refractivity contribution in [2.45, 2.75) is 48.0 Å². The number of alkyl halides is 1. The fourth-order valence-corrected chi connectivity index (χ4v) is 5.86. The molecule has 148 valence electrons. The monoisotopic (exact) mass is 513 g/mol. The predicted octanol–water partition coefficient (Wildman–Crippen LogP) is 5.03. The number of halogens is 2. The van der Waals surface area contributed by atoms with Gasteiger partial charge >= 0.3 is 6.03 Å². The smallest absolute Gasteiger partial charge is 0.319 e. The third-order valence-electron chi connectivity index (χ3n) is 6.16. The van der Waals surface area contributed by atoms with E-state index in [1.807, 2.05) is 4.90 Å². The van der Waals surface area contributed by atoms with Crippen molar-refractivity contribution in [1.29, 1.82) is 0 Å². The van der Waals surface area contributed by atoms with Gasteiger partial charge in [-0.2, -0.15) is 0 Å². The number of carbonyl (C=O) groups is 2. The SMILES string of the molecule is O=C1Nc2c(Cl)cc3cc(C(=O)N4CC[C@@H](I)C4)oc3c2C2(CCCCC2)N1. The highest BCUT2D eigenvalue weighted by Crippen LogP contribution is 2.49. The lowest BCUT2D eigenvalue weighted by molar-refractivity contribution is 0.0764. The molecule has 0 unspecified atom stereocenters. The fourth-order valence-electron chi connectivity index (χ4n) is 4.85. The molecule has 5 rings (SSSR count). The highest BCUT2D eigenvalue weighted by Gasteiger charge is 2.44. The van der Waals surface area contributed by atoms with Crippen LogP contribution in [0, 0.1) is 0 Å². The number of hydrogen-bond donors (Lipinski definition) is 2. The third kappa shape index (κ3) is 2.89. The Kier molecular flexibility index (Phi) is 4.50. The minimum atomic E-state index is -0.488. The number of amides is 3. The molecule has 1 atom stereocenters. The van der Waals surface area contributed by atoms with Crippen molar-refractivity contribution in [2.75, 3.05) is 18.4 Å². The van der Waals surface area contributed by atoms with Crippen LogP contribution in [0.4, 0.5) is 10.5 Å². The minimum absolute atomic E-state index is 0.0780. The van der Waals surface area contributed by atoms with Crippen LogP contribution in [0.25, 0.3) is 11.0 Å². The van der Waals surface area contributed by atoms with Gasteiger partial charge in [-0.3, -0.25) is 4.79 Å². The molecule has 6 nitrogen and oxygen atoms in total. The van der Waals surface area contributed by atoms with Crippen molar-refractivity contribution < 1.29 is 14.0 Å². The Labute approximate surface area is 181 Å². The number of carbonyl (C=O) groups excluding carboxylic acids is 2. The van der Waals surface area contributed by atoms with Gasteiger partial charge in [0.25, 0.3) is 5.91 Å². The maximum Gasteiger partial charge on any atom is 0.319 e. The molecule has 2 N–H and O–H groups in total. The van der Waals surface area contributed by atoms with Crippen LogP contribution in [0.15, 0.2) is 16.5 Å². The van der Waals surface area contributed by atoms with Crippen LogP contribution in [-0.2, 0) is 5.54 Å². The number of furan rings is 1. The highest BCUT2D eigenvalue weighted by molar-refractivity contribution is 14.1. The molecule has 0 radical (unpaired) electrons. The Morgan fingerprint density at radius 1 is 1.29 bits per heavy atom. The average molecular weight is 514 g/mol. The second-order valence-electron chi connectivity index (χ2n) is 8.00. The Morgan fingerprint density at radius 2 is 2.07 bits per heavy atom. The van der Waals surface area contributed by atoms with Crippen LogP contribution in [0.5, 0.6) is 0 Å². The summed E-state index contributed by atoms with van der Waals surface area (Å²) in [5, 5.41) is 7.28. The molecule has 1 spiro atoms. The molecule has 1 saturated heterocycles. The van der Waals surface area contributed by atoms with Gasteiger partial charge in [-0.05, 0) is 31.4 Å². The molecule has 1 saturated carbocycles. The van der Waals surface area contributed by atoms with E-state index in [0.29, 0.717) is 26.0 Å². The molecule has 28 heavy (non-hydrogen) atoms. The molecule has 3 heterocycles. The quantitative estimate of drug-likeness (QED) is 0.415. The molecule has 3 amide bonds. The fraction of sp³-hybridized carbons (Fsp3) is 0.500. The van der Waals surface area contributed by atoms with Crippen molar-refractivity contribution in [1.82, 2.24) is 10.2 Å². The van der Waals surface area contributed by atoms with Gasteiger partial charge in [0.2, 0.25) is 0 Å². The number of urea groups is 1. The zero-order valence-corrected chi connectivity index (χ0v) is 18.2. The van der Waals surface area contributed by atoms with E-state index < -0.39 is 5.54 Å². The zero-order chi connectivity index (χ0) is 19.5. The van der Waals surface area contributed by atoms with Crippen LogP contribution in [-0.4, -0.2) is 33.9 Å². The van der Waals surface area contributed by atoms with E-state index in [0.717, 1.165) is 62.6 Å². The molecule has 1 aromatic heterocycles. The lowest BCUT2D eigenvalue weighted by Gasteiger charge is -2.42. The van der Waals surface area contributed by atoms with Crippen molar-refractivity contribution in [3.05, 3.63) is 28.5 Å². The van der Waals surface area contributed by atoms with Gasteiger partial charge in [0, 0.05) is 28.0 Å². The summed E-state index contributed by atoms with van der Waals surface area (Å²) in [6.07, 6.45) is 5.91. The van der Waals surface area contributed by atoms with E-state index in [1.54, 1.807) is 12.1 Å². The zero-order valence-electron chi connectivity index (χ0n) is 15.3. The Balaban J connectivity index is 1.65. The molecule has 1 aliphatic carbocycles. The van der Waals surface area contributed by atoms with E-state index in [-0.39, 0.29) is 11.9 Å². The van der Waals surface area contributed by atoms with Crippen molar-refractivity contribution >= 4 is 62.8 Å². The predicted molar refractivity (Wildman–Crippen MR) is 116 cm³/mol. The highest BCUT2D eigenvalue weighted by atomic mass is 127. The summed E-state index contributed by atoms with van der Waals surface area (Å²) in [6.45, 7) is 1.50. The van der Waals surface area contributed by atoms with Crippen LogP contribution in [0.1, 0.15) is 54.6 Å². The lowest BCUT2D eigenvalue weighted by Crippen LogP contribution is -2.52. The summed E-state index contributed by atoms with van der Waals surface area (Å²) in [5.74, 6) is 0.263. The first-order chi connectivity index (χ1) is 13.5. The molecular weight excluding hydrogens is 493 g/mol. The third-order valence-corrected chi connectivity index (χ3v) is 7.48. The number of nitrogens with one attached hydrogen (secondary N) is 2. The lowest BCUT2D eigenvalue weighted by atomic mass is 9.74. The van der Waals surface area contributed by atoms with Crippen molar-refractivity contribution in [2.24, 2.45) is 0 Å². The van der Waals surface area contributed by atoms with Crippen LogP contribution < -0.4 is 10.6 Å². The Hall–Kier alpha value is -1.48. The standard InChI is InChI=1S/C20H21ClIN3O3/c21-13-8-11-9-14(18(26)25-7-4-12(22)10-25)28-17(11)15-16(13)23-19(27)24-20(15)5-2-1-3-6-20/h8-9,12H,1-7,10H2,(H2,23,24,27)/t12-/m1/s1. The topological polar surface area (TPSA) is 74.6 Å². The summed E-state index contributed by atoms with van der Waals surface area (Å²) >= 11 is 8.93. The van der Waals surface area contributed by atoms with Gasteiger partial charge < -0.3 is 20.0 Å². The molecule has 2 aromatic rings. The summed E-state index contributed by atoms with van der Waals surface area (Å²) in [5.41, 5.74) is 1.67. The molecule has 1 aromatic carbocycles. The second kappa shape index (κ2) is 6.79. The van der Waals surface area contributed by atoms with Crippen LogP contribution >= 0.6 is 34.2 Å². The van der Waals surface area contributed by atoms with Gasteiger partial charge in [0.1, 0.15) is 5.58 Å². The van der Waals surface area contributed by atoms with Gasteiger partial charge in [-0.1, -0.05) is 53.5 Å². The molecule has 2 fully saturated rings. The number of rotatable bonds is 1. The van der Waals surface area contributed by atoms with E-state index in [4.69, 9.17) is 16.0 Å². The summed E-state index contributed by atoms with van der Waals surface area (Å²) in [7, 11) is 0. The average Bonchev–Trinajstić information content (AvgIpc) is 3.28. The summed E-state index contributed by atoms with van der Waals surface area (Å²) in [4.78, 5) is 27.1. The number of nitrogens with zero attached hydrogens (tertiary/aromatic N) is 1. The summed E-state index contributed by atoms with van der Waals surface area (Å²) in [6, 6.07) is 3.34. The van der Waals surface area contributed by atoms with Crippen LogP contribution in [0.3, 0.4) is 0 Å². The Morgan fingerprint density at radius 3 is 2.79 bits per heavy atom. The van der Waals surface area contributed by atoms with Gasteiger partial charge in [0.15, 0.2) is 5.76 Å². The van der Waals surface area contributed by atoms with Crippen LogP contribution in [0.2, 0.25) is 5.02 Å². The maximum absolute atomic E-state index is 12.9. The van der Waals surface area contributed by atoms with Crippen molar-refractivity contribution in [3.8, 4) is 0 Å². The van der Waals surface area contributed by atoms with E-state index in [2.05, 4.69) is 33.2 Å². The molecule has 3 aliphatic rings. The molecular formula is C20H21ClIN3O3. The van der Waals surface area contributed by atoms with Gasteiger partial charge in [-0.25, -0.2) is 4.79 Å². The van der Waals surface area contributed by atoms with E-state index in [9.17, 15) is 9.59 Å². The summed E-state index contributed by atoms with van der Waals surface area (Å²) < 4.78 is 6.63. The number of likely N-dealkylation sites (tertiary alicyclic amines) is 1. The second-order valence-corrected chi connectivity index (χ2v) is 10.2. The van der Waals surface area contributed by atoms with Gasteiger partial charge in [0.05, 0.1) is 16.2 Å².